The predicted molar refractivity (Wildman–Crippen MR) is 169 cm³/mol. The number of nitrogens with one attached hydrogen (secondary N) is 1. The fourth-order valence-electron chi connectivity index (χ4n) is 4.86. The van der Waals surface area contributed by atoms with Crippen molar-refractivity contribution in [3.05, 3.63) is 83.2 Å². The molecule has 0 spiro atoms. The summed E-state index contributed by atoms with van der Waals surface area (Å²) in [6.07, 6.45) is 0.281. The lowest BCUT2D eigenvalue weighted by Gasteiger charge is -2.33. The van der Waals surface area contributed by atoms with Gasteiger partial charge in [0.25, 0.3) is 10.0 Å². The molecule has 3 aromatic carbocycles. The van der Waals surface area contributed by atoms with Gasteiger partial charge in [-0.2, -0.15) is 0 Å². The fourth-order valence-corrected chi connectivity index (χ4v) is 6.27. The summed E-state index contributed by atoms with van der Waals surface area (Å²) in [4.78, 5) is 28.8. The van der Waals surface area contributed by atoms with Crippen molar-refractivity contribution < 1.29 is 31.9 Å². The summed E-state index contributed by atoms with van der Waals surface area (Å²) < 4.78 is 53.9. The molecule has 238 valence electrons. The van der Waals surface area contributed by atoms with E-state index >= 15 is 0 Å². The minimum Gasteiger partial charge on any atom is -0.493 e. The summed E-state index contributed by atoms with van der Waals surface area (Å²) in [5.41, 5.74) is 2.51. The zero-order valence-electron chi connectivity index (χ0n) is 26.4. The maximum Gasteiger partial charge on any atom is 0.264 e. The number of methoxy groups -OCH3 is 2. The van der Waals surface area contributed by atoms with E-state index < -0.39 is 34.3 Å². The van der Waals surface area contributed by atoms with Gasteiger partial charge in [0.2, 0.25) is 11.8 Å². The average Bonchev–Trinajstić information content (AvgIpc) is 2.98. The zero-order valence-corrected chi connectivity index (χ0v) is 27.2. The van der Waals surface area contributed by atoms with Gasteiger partial charge in [0, 0.05) is 19.2 Å². The summed E-state index contributed by atoms with van der Waals surface area (Å²) >= 11 is 0. The molecule has 0 saturated carbocycles. The molecular formula is C33H42FN3O6S. The second kappa shape index (κ2) is 15.1. The van der Waals surface area contributed by atoms with Crippen LogP contribution in [0.4, 0.5) is 10.1 Å². The SMILES string of the molecule is CC[C@H](C(=O)NCC(C)C)N(Cc1ccc(F)cc1)C(=O)CN(c1cc(C)cc(C)c1)S(=O)(=O)c1ccc(OC)c(OC)c1. The van der Waals surface area contributed by atoms with Gasteiger partial charge >= 0.3 is 0 Å². The summed E-state index contributed by atoms with van der Waals surface area (Å²) in [5.74, 6) is -0.628. The molecule has 1 N–H and O–H groups in total. The highest BCUT2D eigenvalue weighted by molar-refractivity contribution is 7.92. The van der Waals surface area contributed by atoms with Crippen molar-refractivity contribution in [3.8, 4) is 11.5 Å². The quantitative estimate of drug-likeness (QED) is 0.262. The van der Waals surface area contributed by atoms with E-state index in [-0.39, 0.29) is 35.4 Å². The topological polar surface area (TPSA) is 105 Å². The number of hydrogen-bond acceptors (Lipinski definition) is 6. The van der Waals surface area contributed by atoms with Gasteiger partial charge in [-0.05, 0) is 79.3 Å². The van der Waals surface area contributed by atoms with Crippen LogP contribution in [-0.2, 0) is 26.2 Å². The molecule has 0 aliphatic rings. The van der Waals surface area contributed by atoms with Crippen molar-refractivity contribution in [2.45, 2.75) is 58.5 Å². The van der Waals surface area contributed by atoms with E-state index in [1.165, 1.54) is 61.6 Å². The van der Waals surface area contributed by atoms with Gasteiger partial charge in [0.15, 0.2) is 11.5 Å². The minimum absolute atomic E-state index is 0.0240. The molecule has 0 unspecified atom stereocenters. The number of benzene rings is 3. The Bertz CT molecular complexity index is 1540. The molecule has 1 atom stereocenters. The second-order valence-electron chi connectivity index (χ2n) is 11.1. The molecule has 0 aliphatic carbocycles. The minimum atomic E-state index is -4.33. The molecule has 0 saturated heterocycles. The third-order valence-corrected chi connectivity index (χ3v) is 8.82. The number of ether oxygens (including phenoxy) is 2. The lowest BCUT2D eigenvalue weighted by molar-refractivity contribution is -0.140. The predicted octanol–water partition coefficient (Wildman–Crippen LogP) is 5.23. The molecule has 3 rings (SSSR count). The fraction of sp³-hybridized carbons (Fsp3) is 0.394. The van der Waals surface area contributed by atoms with E-state index in [0.29, 0.717) is 23.5 Å². The Morgan fingerprint density at radius 1 is 0.909 bits per heavy atom. The molecule has 0 fully saturated rings. The molecule has 2 amide bonds. The van der Waals surface area contributed by atoms with E-state index in [4.69, 9.17) is 9.47 Å². The summed E-state index contributed by atoms with van der Waals surface area (Å²) in [6, 6.07) is 14.2. The van der Waals surface area contributed by atoms with E-state index in [0.717, 1.165) is 15.4 Å². The maximum atomic E-state index is 14.3. The monoisotopic (exact) mass is 627 g/mol. The standard InChI is InChI=1S/C33H42FN3O6S/c1-8-29(33(39)35-19-22(2)3)36(20-25-9-11-26(34)12-10-25)32(38)21-37(27-16-23(4)15-24(5)17-27)44(40,41)28-13-14-30(42-6)31(18-28)43-7/h9-18,22,29H,8,19-21H2,1-7H3,(H,35,39)/t29-/m1/s1. The number of halogens is 1. The van der Waals surface area contributed by atoms with Crippen LogP contribution in [0.5, 0.6) is 11.5 Å². The Balaban J connectivity index is 2.12. The van der Waals surface area contributed by atoms with Crippen LogP contribution in [0.15, 0.2) is 65.6 Å². The zero-order chi connectivity index (χ0) is 32.6. The highest BCUT2D eigenvalue weighted by Gasteiger charge is 2.34. The van der Waals surface area contributed by atoms with E-state index in [9.17, 15) is 22.4 Å². The molecule has 0 heterocycles. The number of sulfonamides is 1. The third kappa shape index (κ3) is 8.49. The first-order valence-electron chi connectivity index (χ1n) is 14.4. The van der Waals surface area contributed by atoms with Gasteiger partial charge in [-0.25, -0.2) is 12.8 Å². The van der Waals surface area contributed by atoms with Crippen LogP contribution in [-0.4, -0.2) is 58.5 Å². The largest absolute Gasteiger partial charge is 0.493 e. The van der Waals surface area contributed by atoms with E-state index in [1.54, 1.807) is 19.1 Å². The van der Waals surface area contributed by atoms with Crippen LogP contribution in [0.2, 0.25) is 0 Å². The van der Waals surface area contributed by atoms with Gasteiger partial charge in [0.05, 0.1) is 24.8 Å². The van der Waals surface area contributed by atoms with Gasteiger partial charge in [-0.3, -0.25) is 13.9 Å². The number of aryl methyl sites for hydroxylation is 2. The number of hydrogen-bond donors (Lipinski definition) is 1. The smallest absolute Gasteiger partial charge is 0.264 e. The van der Waals surface area contributed by atoms with Gasteiger partial charge in [-0.1, -0.05) is 39.0 Å². The molecule has 9 nitrogen and oxygen atoms in total. The first-order valence-corrected chi connectivity index (χ1v) is 15.9. The number of carbonyl (C=O) groups excluding carboxylic acids is 2. The van der Waals surface area contributed by atoms with Crippen LogP contribution >= 0.6 is 0 Å². The van der Waals surface area contributed by atoms with E-state index in [2.05, 4.69) is 5.32 Å². The number of amides is 2. The molecule has 3 aromatic rings. The molecule has 0 aromatic heterocycles. The maximum absolute atomic E-state index is 14.3. The number of nitrogens with zero attached hydrogens (tertiary/aromatic N) is 2. The lowest BCUT2D eigenvalue weighted by atomic mass is 10.1. The van der Waals surface area contributed by atoms with Gasteiger partial charge in [-0.15, -0.1) is 0 Å². The highest BCUT2D eigenvalue weighted by atomic mass is 32.2. The Morgan fingerprint density at radius 2 is 1.52 bits per heavy atom. The molecular weight excluding hydrogens is 585 g/mol. The van der Waals surface area contributed by atoms with Crippen LogP contribution in [0, 0.1) is 25.6 Å². The van der Waals surface area contributed by atoms with Crippen LogP contribution in [0.25, 0.3) is 0 Å². The van der Waals surface area contributed by atoms with Crippen molar-refractivity contribution in [1.82, 2.24) is 10.2 Å². The van der Waals surface area contributed by atoms with Crippen LogP contribution < -0.4 is 19.1 Å². The normalized spacial score (nSPS) is 12.0. The van der Waals surface area contributed by atoms with Gasteiger partial charge in [0.1, 0.15) is 18.4 Å². The Hall–Kier alpha value is -4.12. The molecule has 0 radical (unpaired) electrons. The number of carbonyl (C=O) groups is 2. The molecule has 0 bridgehead atoms. The van der Waals surface area contributed by atoms with Gasteiger partial charge < -0.3 is 19.7 Å². The number of anilines is 1. The first-order chi connectivity index (χ1) is 20.8. The average molecular weight is 628 g/mol. The summed E-state index contributed by atoms with van der Waals surface area (Å²) in [5, 5.41) is 2.89. The van der Waals surface area contributed by atoms with Crippen molar-refractivity contribution in [3.63, 3.8) is 0 Å². The third-order valence-electron chi connectivity index (χ3n) is 7.05. The summed E-state index contributed by atoms with van der Waals surface area (Å²) in [7, 11) is -1.47. The van der Waals surface area contributed by atoms with Crippen molar-refractivity contribution in [1.29, 1.82) is 0 Å². The molecule has 0 aliphatic heterocycles. The Morgan fingerprint density at radius 3 is 2.07 bits per heavy atom. The van der Waals surface area contributed by atoms with Crippen molar-refractivity contribution >= 4 is 27.5 Å². The van der Waals surface area contributed by atoms with E-state index in [1.807, 2.05) is 33.8 Å². The molecule has 11 heteroatoms. The van der Waals surface area contributed by atoms with Crippen molar-refractivity contribution in [2.24, 2.45) is 5.92 Å². The van der Waals surface area contributed by atoms with Crippen LogP contribution in [0.1, 0.15) is 43.9 Å². The van der Waals surface area contributed by atoms with Crippen molar-refractivity contribution in [2.75, 3.05) is 31.6 Å². The Kier molecular flexibility index (Phi) is 11.8. The first kappa shape index (κ1) is 34.4. The lowest BCUT2D eigenvalue weighted by Crippen LogP contribution is -2.52. The summed E-state index contributed by atoms with van der Waals surface area (Å²) in [6.45, 7) is 9.19. The second-order valence-corrected chi connectivity index (χ2v) is 12.9. The Labute approximate surface area is 260 Å². The highest BCUT2D eigenvalue weighted by Crippen LogP contribution is 2.33. The molecule has 44 heavy (non-hydrogen) atoms. The number of rotatable bonds is 14. The van der Waals surface area contributed by atoms with Crippen LogP contribution in [0.3, 0.4) is 0 Å².